The predicted octanol–water partition coefficient (Wildman–Crippen LogP) is 2.68. The number of halogens is 2. The van der Waals surface area contributed by atoms with Gasteiger partial charge in [-0.2, -0.15) is 0 Å². The third-order valence-electron chi connectivity index (χ3n) is 2.49. The summed E-state index contributed by atoms with van der Waals surface area (Å²) in [5, 5.41) is 6.02. The number of carbonyl (C=O) groups is 1. The van der Waals surface area contributed by atoms with Gasteiger partial charge in [0.15, 0.2) is 0 Å². The van der Waals surface area contributed by atoms with Gasteiger partial charge in [0.1, 0.15) is 0 Å². The molecule has 0 aromatic carbocycles. The van der Waals surface area contributed by atoms with E-state index in [2.05, 4.69) is 36.5 Å². The number of nitrogens with two attached hydrogens (primary N) is 1. The molecule has 0 aliphatic heterocycles. The van der Waals surface area contributed by atoms with Gasteiger partial charge in [0.25, 0.3) is 0 Å². The number of carbonyl (C=O) groups excluding carboxylic acids is 1. The molecule has 0 fully saturated rings. The van der Waals surface area contributed by atoms with Gasteiger partial charge in [-0.3, -0.25) is 4.79 Å². The Hall–Kier alpha value is -0.360. The van der Waals surface area contributed by atoms with E-state index in [-0.39, 0.29) is 42.2 Å². The zero-order valence-electron chi connectivity index (χ0n) is 12.4. The second-order valence-corrected chi connectivity index (χ2v) is 6.60. The molecule has 0 bridgehead atoms. The molecule has 1 aromatic heterocycles. The topological polar surface area (TPSA) is 68.0 Å². The average Bonchev–Trinajstić information content (AvgIpc) is 2.64. The first-order chi connectivity index (χ1) is 8.29. The Balaban J connectivity index is 0. The van der Waals surface area contributed by atoms with E-state index in [9.17, 15) is 4.79 Å². The Morgan fingerprint density at radius 3 is 2.50 bits per heavy atom. The number of aromatic nitrogens is 1. The van der Waals surface area contributed by atoms with E-state index < -0.39 is 0 Å². The van der Waals surface area contributed by atoms with Crippen LogP contribution in [-0.2, 0) is 16.6 Å². The molecule has 1 aromatic rings. The molecule has 1 amide bonds. The van der Waals surface area contributed by atoms with E-state index in [1.165, 1.54) is 0 Å². The molecule has 4 nitrogen and oxygen atoms in total. The van der Waals surface area contributed by atoms with Crippen molar-refractivity contribution in [3.05, 3.63) is 16.1 Å². The van der Waals surface area contributed by atoms with Crippen molar-refractivity contribution in [2.24, 2.45) is 5.73 Å². The summed E-state index contributed by atoms with van der Waals surface area (Å²) in [6.07, 6.45) is 1.16. The lowest BCUT2D eigenvalue weighted by Gasteiger charge is -2.14. The Morgan fingerprint density at radius 2 is 2.05 bits per heavy atom. The Morgan fingerprint density at radius 1 is 1.45 bits per heavy atom. The highest BCUT2D eigenvalue weighted by atomic mass is 35.5. The molecule has 1 rings (SSSR count). The number of nitrogens with zero attached hydrogens (tertiary/aromatic N) is 1. The van der Waals surface area contributed by atoms with Crippen LogP contribution in [0, 0.1) is 0 Å². The summed E-state index contributed by atoms with van der Waals surface area (Å²) in [5.74, 6) is 0.0117. The highest BCUT2D eigenvalue weighted by Gasteiger charge is 2.17. The summed E-state index contributed by atoms with van der Waals surface area (Å²) in [6.45, 7) is 8.90. The summed E-state index contributed by atoms with van der Waals surface area (Å²) in [4.78, 5) is 16.0. The maximum absolute atomic E-state index is 11.4. The van der Waals surface area contributed by atoms with Gasteiger partial charge in [0.05, 0.1) is 10.7 Å². The second-order valence-electron chi connectivity index (χ2n) is 5.66. The van der Waals surface area contributed by atoms with Crippen LogP contribution >= 0.6 is 36.2 Å². The maximum Gasteiger partial charge on any atom is 0.221 e. The minimum Gasteiger partial charge on any atom is -0.356 e. The summed E-state index contributed by atoms with van der Waals surface area (Å²) < 4.78 is 0. The first-order valence-corrected chi connectivity index (χ1v) is 7.14. The van der Waals surface area contributed by atoms with Crippen molar-refractivity contribution in [1.29, 1.82) is 0 Å². The van der Waals surface area contributed by atoms with E-state index in [1.807, 2.05) is 6.92 Å². The highest BCUT2D eigenvalue weighted by Crippen LogP contribution is 2.23. The first kappa shape index (κ1) is 21.9. The van der Waals surface area contributed by atoms with Gasteiger partial charge in [-0.15, -0.1) is 36.2 Å². The molecule has 20 heavy (non-hydrogen) atoms. The van der Waals surface area contributed by atoms with E-state index in [1.54, 1.807) is 11.3 Å². The van der Waals surface area contributed by atoms with Crippen LogP contribution in [0.1, 0.15) is 44.8 Å². The molecule has 0 aliphatic rings. The normalized spacial score (nSPS) is 12.1. The van der Waals surface area contributed by atoms with E-state index >= 15 is 0 Å². The lowest BCUT2D eigenvalue weighted by atomic mass is 9.93. The Kier molecular flexibility index (Phi) is 10.5. The maximum atomic E-state index is 11.4. The van der Waals surface area contributed by atoms with Crippen LogP contribution in [0.4, 0.5) is 0 Å². The SMILES string of the molecule is CC(N)CC(=O)NCCc1nc(C(C)(C)C)cs1.Cl.Cl. The first-order valence-electron chi connectivity index (χ1n) is 6.26. The van der Waals surface area contributed by atoms with E-state index in [0.717, 1.165) is 17.1 Å². The molecule has 1 unspecified atom stereocenters. The molecule has 0 radical (unpaired) electrons. The van der Waals surface area contributed by atoms with Crippen molar-refractivity contribution < 1.29 is 4.79 Å². The summed E-state index contributed by atoms with van der Waals surface area (Å²) in [7, 11) is 0. The number of hydrogen-bond acceptors (Lipinski definition) is 4. The van der Waals surface area contributed by atoms with Gasteiger partial charge in [0, 0.05) is 36.2 Å². The van der Waals surface area contributed by atoms with Gasteiger partial charge in [-0.05, 0) is 6.92 Å². The summed E-state index contributed by atoms with van der Waals surface area (Å²) in [6, 6.07) is -0.0858. The fraction of sp³-hybridized carbons (Fsp3) is 0.692. The van der Waals surface area contributed by atoms with Crippen LogP contribution in [-0.4, -0.2) is 23.5 Å². The summed E-state index contributed by atoms with van der Waals surface area (Å²) in [5.41, 5.74) is 6.76. The van der Waals surface area contributed by atoms with Crippen molar-refractivity contribution in [1.82, 2.24) is 10.3 Å². The highest BCUT2D eigenvalue weighted by molar-refractivity contribution is 7.09. The fourth-order valence-corrected chi connectivity index (χ4v) is 2.47. The molecule has 0 saturated heterocycles. The zero-order valence-corrected chi connectivity index (χ0v) is 14.9. The molecule has 7 heteroatoms. The number of thiazole rings is 1. The van der Waals surface area contributed by atoms with Crippen LogP contribution in [0.15, 0.2) is 5.38 Å². The smallest absolute Gasteiger partial charge is 0.221 e. The Bertz CT molecular complexity index is 403. The van der Waals surface area contributed by atoms with Gasteiger partial charge in [0.2, 0.25) is 5.91 Å². The number of nitrogens with one attached hydrogen (secondary N) is 1. The van der Waals surface area contributed by atoms with Crippen LogP contribution in [0.3, 0.4) is 0 Å². The lowest BCUT2D eigenvalue weighted by molar-refractivity contribution is -0.121. The molecule has 0 aliphatic carbocycles. The molecule has 0 spiro atoms. The number of amides is 1. The monoisotopic (exact) mass is 341 g/mol. The molecule has 1 atom stereocenters. The number of rotatable bonds is 5. The molecule has 0 saturated carbocycles. The van der Waals surface area contributed by atoms with Crippen LogP contribution in [0.2, 0.25) is 0 Å². The average molecular weight is 342 g/mol. The molecule has 3 N–H and O–H groups in total. The quantitative estimate of drug-likeness (QED) is 0.864. The van der Waals surface area contributed by atoms with Crippen molar-refractivity contribution >= 4 is 42.1 Å². The van der Waals surface area contributed by atoms with Gasteiger partial charge < -0.3 is 11.1 Å². The van der Waals surface area contributed by atoms with E-state index in [0.29, 0.717) is 13.0 Å². The van der Waals surface area contributed by atoms with Crippen LogP contribution in [0.5, 0.6) is 0 Å². The molecular weight excluding hydrogens is 317 g/mol. The van der Waals surface area contributed by atoms with Gasteiger partial charge >= 0.3 is 0 Å². The van der Waals surface area contributed by atoms with Crippen molar-refractivity contribution in [2.45, 2.75) is 52.0 Å². The second kappa shape index (κ2) is 9.55. The number of hydrogen-bond donors (Lipinski definition) is 2. The Labute approximate surface area is 137 Å². The zero-order chi connectivity index (χ0) is 13.8. The third-order valence-corrected chi connectivity index (χ3v) is 3.40. The van der Waals surface area contributed by atoms with Crippen molar-refractivity contribution in [3.63, 3.8) is 0 Å². The van der Waals surface area contributed by atoms with Crippen molar-refractivity contribution in [3.8, 4) is 0 Å². The van der Waals surface area contributed by atoms with Crippen LogP contribution < -0.4 is 11.1 Å². The summed E-state index contributed by atoms with van der Waals surface area (Å²) >= 11 is 1.65. The van der Waals surface area contributed by atoms with Gasteiger partial charge in [-0.25, -0.2) is 4.98 Å². The lowest BCUT2D eigenvalue weighted by Crippen LogP contribution is -2.31. The van der Waals surface area contributed by atoms with Gasteiger partial charge in [-0.1, -0.05) is 20.8 Å². The molecule has 1 heterocycles. The predicted molar refractivity (Wildman–Crippen MR) is 90.3 cm³/mol. The third kappa shape index (κ3) is 8.04. The molecule has 118 valence electrons. The fourth-order valence-electron chi connectivity index (χ4n) is 1.44. The molecular formula is C13H25Cl2N3OS. The van der Waals surface area contributed by atoms with Crippen LogP contribution in [0.25, 0.3) is 0 Å². The largest absolute Gasteiger partial charge is 0.356 e. The minimum absolute atomic E-state index is 0. The minimum atomic E-state index is -0.0858. The standard InChI is InChI=1S/C13H23N3OS.2ClH/c1-9(14)7-11(17)15-6-5-12-16-10(8-18-12)13(2,3)4;;/h8-9H,5-7,14H2,1-4H3,(H,15,17);2*1H. The van der Waals surface area contributed by atoms with E-state index in [4.69, 9.17) is 5.73 Å². The van der Waals surface area contributed by atoms with Crippen molar-refractivity contribution in [2.75, 3.05) is 6.54 Å².